The molecule has 2 aromatic heterocycles. The molecule has 0 bridgehead atoms. The Morgan fingerprint density at radius 3 is 2.82 bits per heavy atom. The molecule has 3 rings (SSSR count). The molecule has 0 radical (unpaired) electrons. The van der Waals surface area contributed by atoms with Crippen LogP contribution in [0.5, 0.6) is 0 Å². The number of fused-ring (bicyclic) bond motifs is 1. The molecule has 1 aromatic carbocycles. The van der Waals surface area contributed by atoms with E-state index in [0.717, 1.165) is 0 Å². The van der Waals surface area contributed by atoms with Crippen molar-refractivity contribution < 1.29 is 0 Å². The highest BCUT2D eigenvalue weighted by atomic mass is 16.1. The van der Waals surface area contributed by atoms with E-state index < -0.39 is 0 Å². The molecule has 82 valence electrons. The van der Waals surface area contributed by atoms with Crippen LogP contribution in [0.15, 0.2) is 47.7 Å². The number of nitrogens with one attached hydrogen (secondary N) is 1. The second-order valence-corrected chi connectivity index (χ2v) is 3.52. The van der Waals surface area contributed by atoms with Gasteiger partial charge in [-0.1, -0.05) is 12.1 Å². The monoisotopic (exact) mass is 224 g/mol. The fraction of sp³-hybridized carbons (Fsp3) is 0. The van der Waals surface area contributed by atoms with E-state index in [1.165, 1.54) is 0 Å². The van der Waals surface area contributed by atoms with Crippen molar-refractivity contribution in [2.45, 2.75) is 0 Å². The lowest BCUT2D eigenvalue weighted by Crippen LogP contribution is -2.09. The molecule has 5 nitrogen and oxygen atoms in total. The zero-order chi connectivity index (χ0) is 11.7. The minimum atomic E-state index is -0.170. The molecule has 0 unspecified atom stereocenters. The van der Waals surface area contributed by atoms with E-state index in [1.54, 1.807) is 36.8 Å². The van der Waals surface area contributed by atoms with Gasteiger partial charge in [-0.25, -0.2) is 9.97 Å². The van der Waals surface area contributed by atoms with Gasteiger partial charge in [0.2, 0.25) is 0 Å². The van der Waals surface area contributed by atoms with Gasteiger partial charge in [0.1, 0.15) is 5.69 Å². The molecule has 0 saturated heterocycles. The first-order valence-corrected chi connectivity index (χ1v) is 5.10. The predicted molar refractivity (Wildman–Crippen MR) is 63.4 cm³/mol. The maximum Gasteiger partial charge on any atom is 0.259 e. The average Bonchev–Trinajstić information content (AvgIpc) is 2.40. The summed E-state index contributed by atoms with van der Waals surface area (Å²) in [7, 11) is 0. The second-order valence-electron chi connectivity index (χ2n) is 3.52. The predicted octanol–water partition coefficient (Wildman–Crippen LogP) is 1.38. The van der Waals surface area contributed by atoms with E-state index in [4.69, 9.17) is 0 Å². The lowest BCUT2D eigenvalue weighted by Gasteiger charge is -2.01. The van der Waals surface area contributed by atoms with Crippen molar-refractivity contribution in [3.63, 3.8) is 0 Å². The van der Waals surface area contributed by atoms with E-state index >= 15 is 0 Å². The summed E-state index contributed by atoms with van der Waals surface area (Å²) in [6.07, 6.45) is 4.69. The number of aromatic nitrogens is 4. The lowest BCUT2D eigenvalue weighted by atomic mass is 10.2. The van der Waals surface area contributed by atoms with Gasteiger partial charge >= 0.3 is 0 Å². The first kappa shape index (κ1) is 9.65. The average molecular weight is 224 g/mol. The largest absolute Gasteiger partial charge is 0.305 e. The molecule has 2 heterocycles. The van der Waals surface area contributed by atoms with Crippen molar-refractivity contribution in [3.8, 4) is 11.5 Å². The number of H-pyrrole nitrogens is 1. The van der Waals surface area contributed by atoms with Crippen molar-refractivity contribution >= 4 is 10.9 Å². The molecule has 0 aliphatic rings. The number of rotatable bonds is 1. The van der Waals surface area contributed by atoms with Crippen LogP contribution in [-0.2, 0) is 0 Å². The summed E-state index contributed by atoms with van der Waals surface area (Å²) < 4.78 is 0. The Morgan fingerprint density at radius 2 is 2.00 bits per heavy atom. The minimum absolute atomic E-state index is 0.170. The van der Waals surface area contributed by atoms with Crippen LogP contribution in [-0.4, -0.2) is 19.9 Å². The quantitative estimate of drug-likeness (QED) is 0.677. The fourth-order valence-electron chi connectivity index (χ4n) is 1.63. The molecular formula is C12H8N4O. The van der Waals surface area contributed by atoms with Crippen molar-refractivity contribution in [2.24, 2.45) is 0 Å². The number of aromatic amines is 1. The molecule has 3 aromatic rings. The van der Waals surface area contributed by atoms with Gasteiger partial charge in [-0.05, 0) is 12.1 Å². The van der Waals surface area contributed by atoms with Crippen LogP contribution >= 0.6 is 0 Å². The first-order valence-electron chi connectivity index (χ1n) is 5.10. The maximum atomic E-state index is 11.8. The van der Waals surface area contributed by atoms with Crippen LogP contribution in [0.1, 0.15) is 0 Å². The van der Waals surface area contributed by atoms with E-state index in [2.05, 4.69) is 19.9 Å². The van der Waals surface area contributed by atoms with Gasteiger partial charge in [0.05, 0.1) is 17.1 Å². The smallest absolute Gasteiger partial charge is 0.259 e. The summed E-state index contributed by atoms with van der Waals surface area (Å²) in [4.78, 5) is 26.9. The van der Waals surface area contributed by atoms with Crippen LogP contribution < -0.4 is 5.56 Å². The van der Waals surface area contributed by atoms with Crippen LogP contribution in [0.3, 0.4) is 0 Å². The SMILES string of the molecule is O=c1[nH]c(-c2cnccn2)nc2ccccc12. The van der Waals surface area contributed by atoms with E-state index in [9.17, 15) is 4.79 Å². The van der Waals surface area contributed by atoms with Gasteiger partial charge in [0, 0.05) is 12.4 Å². The van der Waals surface area contributed by atoms with Gasteiger partial charge in [-0.3, -0.25) is 9.78 Å². The summed E-state index contributed by atoms with van der Waals surface area (Å²) in [5, 5.41) is 0.570. The van der Waals surface area contributed by atoms with Crippen LogP contribution in [0.2, 0.25) is 0 Å². The van der Waals surface area contributed by atoms with E-state index in [1.807, 2.05) is 6.07 Å². The Hall–Kier alpha value is -2.56. The van der Waals surface area contributed by atoms with Gasteiger partial charge in [-0.15, -0.1) is 0 Å². The molecule has 5 heteroatoms. The second kappa shape index (κ2) is 3.79. The Balaban J connectivity index is 2.30. The van der Waals surface area contributed by atoms with Gasteiger partial charge in [0.25, 0.3) is 5.56 Å². The molecule has 0 fully saturated rings. The van der Waals surface area contributed by atoms with Crippen molar-refractivity contribution in [3.05, 3.63) is 53.2 Å². The fourth-order valence-corrected chi connectivity index (χ4v) is 1.63. The molecule has 1 N–H and O–H groups in total. The number of nitrogens with zero attached hydrogens (tertiary/aromatic N) is 3. The molecule has 17 heavy (non-hydrogen) atoms. The standard InChI is InChI=1S/C12H8N4O/c17-12-8-3-1-2-4-9(8)15-11(16-12)10-7-13-5-6-14-10/h1-7H,(H,15,16,17). The van der Waals surface area contributed by atoms with E-state index in [0.29, 0.717) is 22.4 Å². The van der Waals surface area contributed by atoms with Crippen molar-refractivity contribution in [1.82, 2.24) is 19.9 Å². The summed E-state index contributed by atoms with van der Waals surface area (Å²) >= 11 is 0. The lowest BCUT2D eigenvalue weighted by molar-refractivity contribution is 1.11. The van der Waals surface area contributed by atoms with Crippen LogP contribution in [0, 0.1) is 0 Å². The number of hydrogen-bond acceptors (Lipinski definition) is 4. The number of benzene rings is 1. The normalized spacial score (nSPS) is 10.6. The topological polar surface area (TPSA) is 71.5 Å². The molecule has 0 aliphatic heterocycles. The third-order valence-electron chi connectivity index (χ3n) is 2.42. The van der Waals surface area contributed by atoms with Gasteiger partial charge < -0.3 is 4.98 Å². The van der Waals surface area contributed by atoms with Crippen LogP contribution in [0.4, 0.5) is 0 Å². The minimum Gasteiger partial charge on any atom is -0.305 e. The molecule has 0 amide bonds. The Labute approximate surface area is 96.2 Å². The van der Waals surface area contributed by atoms with Crippen molar-refractivity contribution in [1.29, 1.82) is 0 Å². The summed E-state index contributed by atoms with van der Waals surface area (Å²) in [6.45, 7) is 0. The Bertz CT molecular complexity index is 721. The molecule has 0 aliphatic carbocycles. The number of para-hydroxylation sites is 1. The first-order chi connectivity index (χ1) is 8.34. The highest BCUT2D eigenvalue weighted by molar-refractivity contribution is 5.78. The molecule has 0 saturated carbocycles. The summed E-state index contributed by atoms with van der Waals surface area (Å²) in [6, 6.07) is 7.18. The summed E-state index contributed by atoms with van der Waals surface area (Å²) in [5.41, 5.74) is 1.03. The Kier molecular flexibility index (Phi) is 2.15. The summed E-state index contributed by atoms with van der Waals surface area (Å²) in [5.74, 6) is 0.432. The zero-order valence-electron chi connectivity index (χ0n) is 8.79. The van der Waals surface area contributed by atoms with Gasteiger partial charge in [-0.2, -0.15) is 0 Å². The van der Waals surface area contributed by atoms with Crippen LogP contribution in [0.25, 0.3) is 22.4 Å². The molecule has 0 spiro atoms. The zero-order valence-corrected chi connectivity index (χ0v) is 8.79. The van der Waals surface area contributed by atoms with E-state index in [-0.39, 0.29) is 5.56 Å². The Morgan fingerprint density at radius 1 is 1.12 bits per heavy atom. The third-order valence-corrected chi connectivity index (χ3v) is 2.42. The maximum absolute atomic E-state index is 11.8. The third kappa shape index (κ3) is 1.67. The van der Waals surface area contributed by atoms with Gasteiger partial charge in [0.15, 0.2) is 5.82 Å². The number of hydrogen-bond donors (Lipinski definition) is 1. The molecule has 0 atom stereocenters. The highest BCUT2D eigenvalue weighted by Gasteiger charge is 2.05. The molecular weight excluding hydrogens is 216 g/mol. The highest BCUT2D eigenvalue weighted by Crippen LogP contribution is 2.12. The van der Waals surface area contributed by atoms with Crippen molar-refractivity contribution in [2.75, 3.05) is 0 Å².